The number of para-hydroxylation sites is 2. The Hall–Kier alpha value is -4.52. The van der Waals surface area contributed by atoms with Gasteiger partial charge in [-0.1, -0.05) is 24.3 Å². The molecule has 0 fully saturated rings. The molecule has 0 aliphatic rings. The molecule has 1 amide bonds. The van der Waals surface area contributed by atoms with Crippen LogP contribution < -0.4 is 14.8 Å². The number of anilines is 1. The Morgan fingerprint density at radius 2 is 1.91 bits per heavy atom. The van der Waals surface area contributed by atoms with Crippen molar-refractivity contribution in [2.24, 2.45) is 0 Å². The SMILES string of the molecule is COc1cccc(-c2coc3cc(OC)c(/C(C)=C/C(=O)Nc4nc5ccccc5[nH]4)cc23)c1. The summed E-state index contributed by atoms with van der Waals surface area (Å²) in [5.41, 5.74) is 5.77. The number of rotatable bonds is 6. The molecule has 0 radical (unpaired) electrons. The van der Waals surface area contributed by atoms with E-state index >= 15 is 0 Å². The molecule has 0 spiro atoms. The summed E-state index contributed by atoms with van der Waals surface area (Å²) >= 11 is 0. The van der Waals surface area contributed by atoms with Gasteiger partial charge < -0.3 is 18.9 Å². The van der Waals surface area contributed by atoms with Crippen LogP contribution in [0, 0.1) is 0 Å². The molecule has 5 rings (SSSR count). The Bertz CT molecular complexity index is 1510. The van der Waals surface area contributed by atoms with Crippen LogP contribution in [0.2, 0.25) is 0 Å². The molecule has 0 aliphatic carbocycles. The highest BCUT2D eigenvalue weighted by Gasteiger charge is 2.15. The van der Waals surface area contributed by atoms with Crippen LogP contribution >= 0.6 is 0 Å². The highest BCUT2D eigenvalue weighted by Crippen LogP contribution is 2.38. The van der Waals surface area contributed by atoms with Gasteiger partial charge in [-0.25, -0.2) is 4.98 Å². The number of methoxy groups -OCH3 is 2. The van der Waals surface area contributed by atoms with Gasteiger partial charge in [-0.3, -0.25) is 10.1 Å². The number of H-pyrrole nitrogens is 1. The predicted octanol–water partition coefficient (Wildman–Crippen LogP) is 6.04. The second-order valence-electron chi connectivity index (χ2n) is 7.85. The minimum Gasteiger partial charge on any atom is -0.497 e. The van der Waals surface area contributed by atoms with E-state index in [4.69, 9.17) is 13.9 Å². The molecule has 0 bridgehead atoms. The number of hydrogen-bond donors (Lipinski definition) is 2. The largest absolute Gasteiger partial charge is 0.497 e. The summed E-state index contributed by atoms with van der Waals surface area (Å²) in [5.74, 6) is 1.48. The van der Waals surface area contributed by atoms with Crippen molar-refractivity contribution in [1.82, 2.24) is 9.97 Å². The number of aromatic nitrogens is 2. The maximum Gasteiger partial charge on any atom is 0.250 e. The molecule has 170 valence electrons. The van der Waals surface area contributed by atoms with Crippen molar-refractivity contribution in [3.63, 3.8) is 0 Å². The Kier molecular flexibility index (Phi) is 5.51. The zero-order chi connectivity index (χ0) is 23.7. The van der Waals surface area contributed by atoms with Gasteiger partial charge in [0.1, 0.15) is 17.1 Å². The van der Waals surface area contributed by atoms with Gasteiger partial charge in [0.15, 0.2) is 0 Å². The van der Waals surface area contributed by atoms with Gasteiger partial charge in [0.2, 0.25) is 5.95 Å². The Labute approximate surface area is 196 Å². The average molecular weight is 453 g/mol. The number of nitrogens with zero attached hydrogens (tertiary/aromatic N) is 1. The third-order valence-corrected chi connectivity index (χ3v) is 5.68. The monoisotopic (exact) mass is 453 g/mol. The quantitative estimate of drug-likeness (QED) is 0.306. The summed E-state index contributed by atoms with van der Waals surface area (Å²) in [6.45, 7) is 1.87. The van der Waals surface area contributed by atoms with E-state index in [1.54, 1.807) is 20.5 Å². The van der Waals surface area contributed by atoms with Crippen molar-refractivity contribution in [3.8, 4) is 22.6 Å². The predicted molar refractivity (Wildman–Crippen MR) is 133 cm³/mol. The number of imidazole rings is 1. The maximum atomic E-state index is 12.7. The Balaban J connectivity index is 1.49. The molecule has 2 aromatic heterocycles. The summed E-state index contributed by atoms with van der Waals surface area (Å²) in [6, 6.07) is 19.2. The summed E-state index contributed by atoms with van der Waals surface area (Å²) in [5, 5.41) is 3.71. The van der Waals surface area contributed by atoms with E-state index in [1.807, 2.05) is 67.6 Å². The van der Waals surface area contributed by atoms with Gasteiger partial charge >= 0.3 is 0 Å². The zero-order valence-corrected chi connectivity index (χ0v) is 19.0. The van der Waals surface area contributed by atoms with Gasteiger partial charge in [-0.15, -0.1) is 0 Å². The van der Waals surface area contributed by atoms with Gasteiger partial charge in [-0.05, 0) is 48.4 Å². The molecule has 7 heteroatoms. The van der Waals surface area contributed by atoms with Crippen LogP contribution in [0.1, 0.15) is 12.5 Å². The summed E-state index contributed by atoms with van der Waals surface area (Å²) in [4.78, 5) is 20.2. The first-order valence-corrected chi connectivity index (χ1v) is 10.7. The minimum absolute atomic E-state index is 0.293. The molecule has 2 N–H and O–H groups in total. The van der Waals surface area contributed by atoms with E-state index < -0.39 is 0 Å². The van der Waals surface area contributed by atoms with Crippen LogP contribution in [0.4, 0.5) is 5.95 Å². The summed E-state index contributed by atoms with van der Waals surface area (Å²) < 4.78 is 16.8. The lowest BCUT2D eigenvalue weighted by Crippen LogP contribution is -2.09. The number of ether oxygens (including phenoxy) is 2. The highest BCUT2D eigenvalue weighted by atomic mass is 16.5. The summed E-state index contributed by atoms with van der Waals surface area (Å²) in [6.07, 6.45) is 3.25. The second kappa shape index (κ2) is 8.78. The number of aromatic amines is 1. The van der Waals surface area contributed by atoms with E-state index in [1.165, 1.54) is 6.08 Å². The van der Waals surface area contributed by atoms with Crippen molar-refractivity contribution in [1.29, 1.82) is 0 Å². The summed E-state index contributed by atoms with van der Waals surface area (Å²) in [7, 11) is 3.23. The minimum atomic E-state index is -0.293. The molecule has 0 aliphatic heterocycles. The van der Waals surface area contributed by atoms with E-state index in [0.29, 0.717) is 17.3 Å². The lowest BCUT2D eigenvalue weighted by Gasteiger charge is -2.10. The molecule has 7 nitrogen and oxygen atoms in total. The van der Waals surface area contributed by atoms with Crippen LogP contribution in [-0.4, -0.2) is 30.1 Å². The van der Waals surface area contributed by atoms with Crippen LogP contribution in [0.3, 0.4) is 0 Å². The van der Waals surface area contributed by atoms with Crippen molar-refractivity contribution >= 4 is 39.4 Å². The van der Waals surface area contributed by atoms with E-state index in [9.17, 15) is 4.79 Å². The van der Waals surface area contributed by atoms with Gasteiger partial charge in [0, 0.05) is 28.7 Å². The van der Waals surface area contributed by atoms with Crippen LogP contribution in [0.15, 0.2) is 77.4 Å². The molecule has 5 aromatic rings. The third kappa shape index (κ3) is 3.99. The number of allylic oxidation sites excluding steroid dienone is 1. The fourth-order valence-corrected chi connectivity index (χ4v) is 3.99. The Morgan fingerprint density at radius 1 is 1.06 bits per heavy atom. The topological polar surface area (TPSA) is 89.4 Å². The lowest BCUT2D eigenvalue weighted by molar-refractivity contribution is -0.111. The number of carbonyl (C=O) groups excluding carboxylic acids is 1. The fraction of sp³-hybridized carbons (Fsp3) is 0.111. The van der Waals surface area contributed by atoms with E-state index in [0.717, 1.165) is 44.4 Å². The number of benzene rings is 3. The standard InChI is InChI=1S/C27H23N3O4/c1-16(11-26(31)30-27-28-22-9-4-5-10-23(22)29-27)19-13-20-21(15-34-25(20)14-24(19)33-3)17-7-6-8-18(12-17)32-2/h4-15H,1-3H3,(H2,28,29,30,31)/b16-11+. The zero-order valence-electron chi connectivity index (χ0n) is 19.0. The van der Waals surface area contributed by atoms with Gasteiger partial charge in [0.25, 0.3) is 5.91 Å². The number of nitrogens with one attached hydrogen (secondary N) is 2. The van der Waals surface area contributed by atoms with Crippen molar-refractivity contribution < 1.29 is 18.7 Å². The first kappa shape index (κ1) is 21.3. The third-order valence-electron chi connectivity index (χ3n) is 5.68. The fourth-order valence-electron chi connectivity index (χ4n) is 3.99. The molecule has 0 saturated heterocycles. The second-order valence-corrected chi connectivity index (χ2v) is 7.85. The maximum absolute atomic E-state index is 12.7. The normalized spacial score (nSPS) is 11.7. The van der Waals surface area contributed by atoms with E-state index in [-0.39, 0.29) is 5.91 Å². The highest BCUT2D eigenvalue weighted by molar-refractivity contribution is 6.05. The number of hydrogen-bond acceptors (Lipinski definition) is 5. The van der Waals surface area contributed by atoms with Gasteiger partial charge in [0.05, 0.1) is 31.5 Å². The molecule has 0 atom stereocenters. The van der Waals surface area contributed by atoms with Crippen molar-refractivity contribution in [2.45, 2.75) is 6.92 Å². The molecular weight excluding hydrogens is 430 g/mol. The van der Waals surface area contributed by atoms with E-state index in [2.05, 4.69) is 15.3 Å². The number of amides is 1. The molecule has 0 saturated carbocycles. The average Bonchev–Trinajstić information content (AvgIpc) is 3.46. The smallest absolute Gasteiger partial charge is 0.250 e. The molecule has 2 heterocycles. The molecule has 3 aromatic carbocycles. The Morgan fingerprint density at radius 3 is 2.71 bits per heavy atom. The van der Waals surface area contributed by atoms with Crippen LogP contribution in [-0.2, 0) is 4.79 Å². The first-order chi connectivity index (χ1) is 16.6. The van der Waals surface area contributed by atoms with Crippen molar-refractivity contribution in [2.75, 3.05) is 19.5 Å². The number of fused-ring (bicyclic) bond motifs is 2. The van der Waals surface area contributed by atoms with Gasteiger partial charge in [-0.2, -0.15) is 0 Å². The molecular formula is C27H23N3O4. The molecule has 0 unspecified atom stereocenters. The molecule has 34 heavy (non-hydrogen) atoms. The van der Waals surface area contributed by atoms with Crippen molar-refractivity contribution in [3.05, 3.63) is 78.6 Å². The number of carbonyl (C=O) groups is 1. The lowest BCUT2D eigenvalue weighted by atomic mass is 9.99. The first-order valence-electron chi connectivity index (χ1n) is 10.7. The van der Waals surface area contributed by atoms with Crippen LogP contribution in [0.5, 0.6) is 11.5 Å². The number of furan rings is 1. The van der Waals surface area contributed by atoms with Crippen LogP contribution in [0.25, 0.3) is 38.7 Å².